The van der Waals surface area contributed by atoms with E-state index in [1.165, 1.54) is 27.8 Å². The Bertz CT molecular complexity index is 1810. The third kappa shape index (κ3) is 4.57. The van der Waals surface area contributed by atoms with Gasteiger partial charge in [0.25, 0.3) is 17.2 Å². The Kier molecular flexibility index (Phi) is 7.02. The predicted molar refractivity (Wildman–Crippen MR) is 161 cm³/mol. The van der Waals surface area contributed by atoms with Crippen molar-refractivity contribution >= 4 is 36.5 Å². The fourth-order valence-corrected chi connectivity index (χ4v) is 9.45. The minimum Gasteiger partial charge on any atom is -0.396 e. The van der Waals surface area contributed by atoms with Crippen molar-refractivity contribution in [1.82, 2.24) is 9.78 Å². The van der Waals surface area contributed by atoms with Gasteiger partial charge in [-0.25, -0.2) is 0 Å². The quantitative estimate of drug-likeness (QED) is 0.137. The van der Waals surface area contributed by atoms with E-state index in [-0.39, 0.29) is 30.8 Å². The molecule has 4 atom stereocenters. The molecule has 3 heterocycles. The number of aliphatic hydroxyl groups is 1. The van der Waals surface area contributed by atoms with Crippen molar-refractivity contribution in [3.63, 3.8) is 0 Å². The Morgan fingerprint density at radius 2 is 1.84 bits per heavy atom. The van der Waals surface area contributed by atoms with E-state index in [9.17, 15) is 24.8 Å². The van der Waals surface area contributed by atoms with Gasteiger partial charge in [0.05, 0.1) is 40.5 Å². The SMILES string of the molecule is C[C@H]1[C@H]([Si](C)(C)F)[C@@H](CCO)O[C@]12C(=O)N(Cc1ccc(-n3ncc4ccccc4c3=O)cc1)c1ccc([N+](=O)[O-])cc12. The lowest BCUT2D eigenvalue weighted by atomic mass is 9.82. The summed E-state index contributed by atoms with van der Waals surface area (Å²) < 4.78 is 23.5. The van der Waals surface area contributed by atoms with Gasteiger partial charge < -0.3 is 18.9 Å². The normalized spacial score (nSPS) is 23.3. The average Bonchev–Trinajstić information content (AvgIpc) is 3.40. The number of hydrogen-bond acceptors (Lipinski definition) is 7. The molecule has 1 saturated heterocycles. The zero-order valence-corrected chi connectivity index (χ0v) is 24.9. The van der Waals surface area contributed by atoms with Crippen LogP contribution in [0.1, 0.15) is 24.5 Å². The minimum atomic E-state index is -3.40. The number of ether oxygens (including phenoxy) is 1. The number of nitrogens with zero attached hydrogens (tertiary/aromatic N) is 4. The van der Waals surface area contributed by atoms with Gasteiger partial charge in [-0.3, -0.25) is 19.7 Å². The number of nitro benzene ring substituents is 1. The average molecular weight is 603 g/mol. The molecule has 2 aliphatic rings. The molecule has 222 valence electrons. The van der Waals surface area contributed by atoms with Crippen LogP contribution in [0.4, 0.5) is 15.5 Å². The van der Waals surface area contributed by atoms with Crippen molar-refractivity contribution in [3.8, 4) is 5.69 Å². The summed E-state index contributed by atoms with van der Waals surface area (Å²) in [6, 6.07) is 18.5. The molecule has 0 unspecified atom stereocenters. The van der Waals surface area contributed by atoms with Crippen LogP contribution in [0.2, 0.25) is 18.6 Å². The molecule has 1 aromatic heterocycles. The first kappa shape index (κ1) is 28.8. The molecule has 1 fully saturated rings. The number of benzene rings is 3. The van der Waals surface area contributed by atoms with Crippen molar-refractivity contribution in [3.05, 3.63) is 105 Å². The van der Waals surface area contributed by atoms with E-state index in [2.05, 4.69) is 5.10 Å². The number of rotatable bonds is 7. The molecule has 2 aliphatic heterocycles. The number of fused-ring (bicyclic) bond motifs is 3. The summed E-state index contributed by atoms with van der Waals surface area (Å²) in [6.07, 6.45) is 1.07. The molecule has 0 aliphatic carbocycles. The molecule has 0 bridgehead atoms. The minimum absolute atomic E-state index is 0.119. The van der Waals surface area contributed by atoms with Gasteiger partial charge in [0.1, 0.15) is 0 Å². The number of non-ortho nitro benzene ring substituents is 1. The van der Waals surface area contributed by atoms with E-state index in [0.717, 1.165) is 10.9 Å². The Morgan fingerprint density at radius 1 is 1.12 bits per heavy atom. The Balaban J connectivity index is 1.38. The number of amides is 1. The predicted octanol–water partition coefficient (Wildman–Crippen LogP) is 5.00. The van der Waals surface area contributed by atoms with Crippen LogP contribution in [0.15, 0.2) is 77.7 Å². The molecule has 3 aromatic carbocycles. The third-order valence-corrected chi connectivity index (χ3v) is 11.2. The lowest BCUT2D eigenvalue weighted by Crippen LogP contribution is -2.45. The molecular formula is C31H31FN4O6Si. The van der Waals surface area contributed by atoms with E-state index in [4.69, 9.17) is 4.74 Å². The largest absolute Gasteiger partial charge is 0.396 e. The monoisotopic (exact) mass is 602 g/mol. The van der Waals surface area contributed by atoms with Gasteiger partial charge in [0.2, 0.25) is 8.41 Å². The van der Waals surface area contributed by atoms with E-state index in [1.807, 2.05) is 12.1 Å². The molecule has 1 spiro atoms. The topological polar surface area (TPSA) is 128 Å². The summed E-state index contributed by atoms with van der Waals surface area (Å²) in [7, 11) is -3.40. The van der Waals surface area contributed by atoms with E-state index in [1.54, 1.807) is 62.6 Å². The highest BCUT2D eigenvalue weighted by Gasteiger charge is 2.66. The molecule has 4 aromatic rings. The van der Waals surface area contributed by atoms with Crippen molar-refractivity contribution in [2.45, 2.75) is 50.2 Å². The van der Waals surface area contributed by atoms with Gasteiger partial charge in [-0.2, -0.15) is 9.78 Å². The van der Waals surface area contributed by atoms with Crippen LogP contribution in [0.3, 0.4) is 0 Å². The standard InChI is InChI=1S/C31H31FN4O6Si/c1-19-28(43(2,3)32)27(14-15-37)42-31(19)25-16-23(36(40)41)12-13-26(25)34(30(31)39)18-20-8-10-22(11-9-20)35-29(38)24-7-5-4-6-21(24)17-33-35/h4-13,16-17,19,27-28,37H,14-15,18H2,1-3H3/t19-,27+,28-,31+/m0/s1. The van der Waals surface area contributed by atoms with Crippen LogP contribution in [-0.4, -0.2) is 46.8 Å². The van der Waals surface area contributed by atoms with Crippen LogP contribution in [0, 0.1) is 16.0 Å². The highest BCUT2D eigenvalue weighted by Crippen LogP contribution is 2.60. The van der Waals surface area contributed by atoms with E-state index < -0.39 is 42.4 Å². The van der Waals surface area contributed by atoms with Crippen LogP contribution in [0.25, 0.3) is 16.5 Å². The van der Waals surface area contributed by atoms with Crippen LogP contribution >= 0.6 is 0 Å². The molecule has 43 heavy (non-hydrogen) atoms. The van der Waals surface area contributed by atoms with Crippen LogP contribution < -0.4 is 10.5 Å². The number of aromatic nitrogens is 2. The number of aliphatic hydroxyl groups excluding tert-OH is 1. The second-order valence-electron chi connectivity index (χ2n) is 11.7. The molecule has 1 N–H and O–H groups in total. The lowest BCUT2D eigenvalue weighted by molar-refractivity contribution is -0.385. The van der Waals surface area contributed by atoms with Gasteiger partial charge in [0.15, 0.2) is 5.60 Å². The number of halogens is 1. The molecule has 0 radical (unpaired) electrons. The summed E-state index contributed by atoms with van der Waals surface area (Å²) in [4.78, 5) is 40.1. The first-order valence-electron chi connectivity index (χ1n) is 14.1. The maximum Gasteiger partial charge on any atom is 0.279 e. The molecular weight excluding hydrogens is 571 g/mol. The molecule has 6 rings (SSSR count). The third-order valence-electron chi connectivity index (χ3n) is 8.79. The number of carbonyl (C=O) groups is 1. The fraction of sp³-hybridized carbons (Fsp3) is 0.323. The Labute approximate surface area is 247 Å². The Morgan fingerprint density at radius 3 is 2.51 bits per heavy atom. The van der Waals surface area contributed by atoms with Gasteiger partial charge in [-0.1, -0.05) is 37.3 Å². The number of nitro groups is 1. The summed E-state index contributed by atoms with van der Waals surface area (Å²) >= 11 is 0. The summed E-state index contributed by atoms with van der Waals surface area (Å²) in [6.45, 7) is 4.76. The van der Waals surface area contributed by atoms with Crippen molar-refractivity contribution in [2.24, 2.45) is 5.92 Å². The molecule has 0 saturated carbocycles. The Hall–Kier alpha value is -4.26. The fourth-order valence-electron chi connectivity index (χ4n) is 6.90. The first-order valence-corrected chi connectivity index (χ1v) is 17.1. The summed E-state index contributed by atoms with van der Waals surface area (Å²) in [5.41, 5.74) is -0.588. The zero-order valence-electron chi connectivity index (χ0n) is 23.9. The first-order chi connectivity index (χ1) is 20.5. The smallest absolute Gasteiger partial charge is 0.279 e. The highest BCUT2D eigenvalue weighted by atomic mass is 28.4. The molecule has 12 heteroatoms. The van der Waals surface area contributed by atoms with Crippen molar-refractivity contribution < 1.29 is 23.7 Å². The van der Waals surface area contributed by atoms with Gasteiger partial charge >= 0.3 is 0 Å². The zero-order chi connectivity index (χ0) is 30.7. The number of anilines is 1. The summed E-state index contributed by atoms with van der Waals surface area (Å²) in [5.74, 6) is -1.04. The maximum absolute atomic E-state index is 15.7. The van der Waals surface area contributed by atoms with Gasteiger partial charge in [-0.05, 0) is 49.3 Å². The highest BCUT2D eigenvalue weighted by molar-refractivity contribution is 6.72. The van der Waals surface area contributed by atoms with Crippen LogP contribution in [0.5, 0.6) is 0 Å². The maximum atomic E-state index is 15.7. The number of carbonyl (C=O) groups excluding carboxylic acids is 1. The van der Waals surface area contributed by atoms with Crippen LogP contribution in [-0.2, 0) is 21.7 Å². The van der Waals surface area contributed by atoms with Gasteiger partial charge in [0, 0.05) is 41.1 Å². The number of hydrogen-bond donors (Lipinski definition) is 1. The lowest BCUT2D eigenvalue weighted by Gasteiger charge is -2.31. The second kappa shape index (κ2) is 10.5. The van der Waals surface area contributed by atoms with Gasteiger partial charge in [-0.15, -0.1) is 0 Å². The summed E-state index contributed by atoms with van der Waals surface area (Å²) in [5, 5.41) is 27.0. The van der Waals surface area contributed by atoms with Crippen molar-refractivity contribution in [1.29, 1.82) is 0 Å². The second-order valence-corrected chi connectivity index (χ2v) is 15.5. The molecule has 10 nitrogen and oxygen atoms in total. The molecule has 1 amide bonds. The van der Waals surface area contributed by atoms with Crippen molar-refractivity contribution in [2.75, 3.05) is 11.5 Å². The van der Waals surface area contributed by atoms with E-state index in [0.29, 0.717) is 22.3 Å². The van der Waals surface area contributed by atoms with E-state index >= 15 is 4.11 Å².